The Hall–Kier alpha value is -2.30. The second-order valence-corrected chi connectivity index (χ2v) is 3.54. The van der Waals surface area contributed by atoms with Crippen LogP contribution in [0.5, 0.6) is 0 Å². The van der Waals surface area contributed by atoms with E-state index in [1.807, 2.05) is 0 Å². The molecule has 0 aliphatic carbocycles. The van der Waals surface area contributed by atoms with Crippen molar-refractivity contribution in [1.29, 1.82) is 0 Å². The van der Waals surface area contributed by atoms with Gasteiger partial charge in [0.25, 0.3) is 0 Å². The first-order chi connectivity index (χ1) is 9.52. The molecule has 0 aliphatic rings. The summed E-state index contributed by atoms with van der Waals surface area (Å²) < 4.78 is 0. The zero-order valence-electron chi connectivity index (χ0n) is 10.3. The van der Waals surface area contributed by atoms with Crippen LogP contribution in [0.4, 0.5) is 17.1 Å². The first-order valence-corrected chi connectivity index (χ1v) is 5.57. The molecule has 10 heteroatoms. The van der Waals surface area contributed by atoms with Gasteiger partial charge in [0.05, 0.1) is 36.2 Å². The smallest absolute Gasteiger partial charge is 0.302 e. The molecule has 0 atom stereocenters. The van der Waals surface area contributed by atoms with Gasteiger partial charge in [-0.2, -0.15) is 0 Å². The molecule has 0 fully saturated rings. The molecular formula is C10H13N3O7. The molecule has 0 amide bonds. The molecule has 0 radical (unpaired) electrons. The molecule has 0 aliphatic heterocycles. The van der Waals surface area contributed by atoms with Gasteiger partial charge >= 0.3 is 11.4 Å². The number of anilines is 1. The van der Waals surface area contributed by atoms with Crippen molar-refractivity contribution < 1.29 is 24.9 Å². The summed E-state index contributed by atoms with van der Waals surface area (Å²) in [5.74, 6) is 0. The standard InChI is InChI=1S/C10H13N3O7/c14-5-4-11(20-7-6-15)10-8(12(16)17)2-1-3-9(10)13(18)19/h1-3,14-15H,4-7H2. The lowest BCUT2D eigenvalue weighted by molar-refractivity contribution is -0.393. The normalized spacial score (nSPS) is 10.3. The summed E-state index contributed by atoms with van der Waals surface area (Å²) in [5, 5.41) is 40.4. The number of para-hydroxylation sites is 1. The minimum atomic E-state index is -0.783. The van der Waals surface area contributed by atoms with Gasteiger partial charge in [-0.25, -0.2) is 5.06 Å². The number of rotatable bonds is 8. The predicted molar refractivity (Wildman–Crippen MR) is 67.2 cm³/mol. The maximum atomic E-state index is 11.0. The topological polar surface area (TPSA) is 139 Å². The summed E-state index contributed by atoms with van der Waals surface area (Å²) in [4.78, 5) is 25.4. The number of hydrogen-bond acceptors (Lipinski definition) is 8. The van der Waals surface area contributed by atoms with Gasteiger partial charge in [0.1, 0.15) is 0 Å². The number of nitrogens with zero attached hydrogens (tertiary/aromatic N) is 3. The van der Waals surface area contributed by atoms with Crippen LogP contribution >= 0.6 is 0 Å². The van der Waals surface area contributed by atoms with Crippen LogP contribution in [0, 0.1) is 20.2 Å². The fraction of sp³-hybridized carbons (Fsp3) is 0.400. The van der Waals surface area contributed by atoms with E-state index in [0.29, 0.717) is 0 Å². The van der Waals surface area contributed by atoms with Gasteiger partial charge in [0.15, 0.2) is 0 Å². The molecule has 2 N–H and O–H groups in total. The Balaban J connectivity index is 3.34. The quantitative estimate of drug-likeness (QED) is 0.511. The molecule has 0 unspecified atom stereocenters. The Morgan fingerprint density at radius 1 is 1.10 bits per heavy atom. The van der Waals surface area contributed by atoms with Crippen LogP contribution in [-0.4, -0.2) is 46.4 Å². The largest absolute Gasteiger partial charge is 0.394 e. The molecule has 0 saturated heterocycles. The zero-order valence-corrected chi connectivity index (χ0v) is 10.3. The lowest BCUT2D eigenvalue weighted by Gasteiger charge is -2.21. The first-order valence-electron chi connectivity index (χ1n) is 5.57. The molecule has 10 nitrogen and oxygen atoms in total. The van der Waals surface area contributed by atoms with Gasteiger partial charge in [-0.05, 0) is 6.07 Å². The van der Waals surface area contributed by atoms with Crippen LogP contribution in [0.2, 0.25) is 0 Å². The SMILES string of the molecule is O=[N+]([O-])c1cccc([N+](=O)[O-])c1N(CCO)OCCO. The maximum Gasteiger partial charge on any atom is 0.302 e. The Bertz CT molecular complexity index is 461. The van der Waals surface area contributed by atoms with E-state index in [9.17, 15) is 20.2 Å². The van der Waals surface area contributed by atoms with Gasteiger partial charge in [-0.1, -0.05) is 0 Å². The molecule has 0 aromatic heterocycles. The minimum Gasteiger partial charge on any atom is -0.394 e. The Kier molecular flexibility index (Phi) is 5.77. The summed E-state index contributed by atoms with van der Waals surface area (Å²) in [6.07, 6.45) is 0. The Morgan fingerprint density at radius 3 is 2.05 bits per heavy atom. The van der Waals surface area contributed by atoms with E-state index in [1.54, 1.807) is 0 Å². The highest BCUT2D eigenvalue weighted by Gasteiger charge is 2.30. The first kappa shape index (κ1) is 15.8. The van der Waals surface area contributed by atoms with Crippen LogP contribution in [0.3, 0.4) is 0 Å². The van der Waals surface area contributed by atoms with E-state index in [-0.39, 0.29) is 25.4 Å². The van der Waals surface area contributed by atoms with E-state index in [1.165, 1.54) is 6.07 Å². The van der Waals surface area contributed by atoms with Crippen molar-refractivity contribution in [3.8, 4) is 0 Å². The summed E-state index contributed by atoms with van der Waals surface area (Å²) in [5.41, 5.74) is -1.42. The Labute approximate surface area is 113 Å². The van der Waals surface area contributed by atoms with E-state index in [2.05, 4.69) is 0 Å². The third kappa shape index (κ3) is 3.60. The van der Waals surface area contributed by atoms with Gasteiger partial charge in [0, 0.05) is 12.1 Å². The lowest BCUT2D eigenvalue weighted by atomic mass is 10.2. The average Bonchev–Trinajstić information content (AvgIpc) is 2.42. The van der Waals surface area contributed by atoms with Gasteiger partial charge in [0.2, 0.25) is 5.69 Å². The number of aliphatic hydroxyl groups excluding tert-OH is 2. The van der Waals surface area contributed by atoms with Gasteiger partial charge in [-0.15, -0.1) is 0 Å². The van der Waals surface area contributed by atoms with E-state index in [0.717, 1.165) is 17.2 Å². The molecule has 0 spiro atoms. The second kappa shape index (κ2) is 7.33. The minimum absolute atomic E-state index is 0.217. The maximum absolute atomic E-state index is 11.0. The number of aliphatic hydroxyl groups is 2. The molecule has 1 rings (SSSR count). The third-order valence-corrected chi connectivity index (χ3v) is 2.28. The van der Waals surface area contributed by atoms with Crippen LogP contribution in [0.1, 0.15) is 0 Å². The van der Waals surface area contributed by atoms with E-state index >= 15 is 0 Å². The number of nitro benzene ring substituents is 2. The van der Waals surface area contributed by atoms with E-state index in [4.69, 9.17) is 15.1 Å². The highest BCUT2D eigenvalue weighted by atomic mass is 16.7. The summed E-state index contributed by atoms with van der Waals surface area (Å²) in [6, 6.07) is 3.37. The van der Waals surface area contributed by atoms with Crippen LogP contribution in [0.15, 0.2) is 18.2 Å². The fourth-order valence-corrected chi connectivity index (χ4v) is 1.55. The molecular weight excluding hydrogens is 274 g/mol. The average molecular weight is 287 g/mol. The zero-order chi connectivity index (χ0) is 15.1. The monoisotopic (exact) mass is 287 g/mol. The Morgan fingerprint density at radius 2 is 1.65 bits per heavy atom. The highest BCUT2D eigenvalue weighted by Crippen LogP contribution is 2.37. The van der Waals surface area contributed by atoms with Crippen molar-refractivity contribution in [2.24, 2.45) is 0 Å². The summed E-state index contributed by atoms with van der Waals surface area (Å²) in [7, 11) is 0. The molecule has 0 heterocycles. The van der Waals surface area contributed by atoms with Crippen molar-refractivity contribution in [2.75, 3.05) is 31.4 Å². The van der Waals surface area contributed by atoms with Crippen molar-refractivity contribution in [3.63, 3.8) is 0 Å². The summed E-state index contributed by atoms with van der Waals surface area (Å²) >= 11 is 0. The highest BCUT2D eigenvalue weighted by molar-refractivity contribution is 5.73. The van der Waals surface area contributed by atoms with Gasteiger partial charge < -0.3 is 10.2 Å². The van der Waals surface area contributed by atoms with Crippen LogP contribution in [0.25, 0.3) is 0 Å². The number of hydroxylamine groups is 1. The second-order valence-electron chi connectivity index (χ2n) is 3.54. The van der Waals surface area contributed by atoms with Crippen LogP contribution in [-0.2, 0) is 4.84 Å². The lowest BCUT2D eigenvalue weighted by Crippen LogP contribution is -2.29. The molecule has 110 valence electrons. The van der Waals surface area contributed by atoms with Crippen molar-refractivity contribution in [1.82, 2.24) is 0 Å². The number of hydrogen-bond donors (Lipinski definition) is 2. The third-order valence-electron chi connectivity index (χ3n) is 2.28. The molecule has 1 aromatic rings. The predicted octanol–water partition coefficient (Wildman–Crippen LogP) is 0.226. The van der Waals surface area contributed by atoms with Gasteiger partial charge in [-0.3, -0.25) is 25.1 Å². The van der Waals surface area contributed by atoms with Crippen molar-refractivity contribution in [2.45, 2.75) is 0 Å². The molecule has 20 heavy (non-hydrogen) atoms. The summed E-state index contributed by atoms with van der Waals surface area (Å²) in [6.45, 7) is -1.25. The van der Waals surface area contributed by atoms with Crippen molar-refractivity contribution >= 4 is 17.1 Å². The molecule has 1 aromatic carbocycles. The van der Waals surface area contributed by atoms with Crippen LogP contribution < -0.4 is 5.06 Å². The number of nitro groups is 2. The molecule has 0 bridgehead atoms. The molecule has 0 saturated carbocycles. The fourth-order valence-electron chi connectivity index (χ4n) is 1.55. The van der Waals surface area contributed by atoms with Crippen molar-refractivity contribution in [3.05, 3.63) is 38.4 Å². The number of benzene rings is 1. The van der Waals surface area contributed by atoms with E-state index < -0.39 is 27.8 Å².